The topological polar surface area (TPSA) is 72.0 Å². The number of sulfone groups is 1. The predicted octanol–water partition coefficient (Wildman–Crippen LogP) is 1.40. The standard InChI is InChI=1S/C13H21N3O2S/c1-3-14-11-6-4-5-7-12-10(11)8-15-13(16-12)9-19(2,17)18/h8,11,14H,3-7,9H2,1-2H3. The second-order valence-electron chi connectivity index (χ2n) is 5.11. The van der Waals surface area contributed by atoms with Crippen LogP contribution >= 0.6 is 0 Å². The van der Waals surface area contributed by atoms with Gasteiger partial charge >= 0.3 is 0 Å². The number of rotatable bonds is 4. The second kappa shape index (κ2) is 5.96. The highest BCUT2D eigenvalue weighted by atomic mass is 32.2. The van der Waals surface area contributed by atoms with Gasteiger partial charge in [-0.2, -0.15) is 0 Å². The molecule has 2 rings (SSSR count). The van der Waals surface area contributed by atoms with Crippen LogP contribution in [0.3, 0.4) is 0 Å². The molecule has 0 spiro atoms. The zero-order valence-electron chi connectivity index (χ0n) is 11.5. The van der Waals surface area contributed by atoms with Gasteiger partial charge in [-0.25, -0.2) is 18.4 Å². The van der Waals surface area contributed by atoms with Gasteiger partial charge < -0.3 is 5.32 Å². The van der Waals surface area contributed by atoms with Crippen LogP contribution in [0, 0.1) is 0 Å². The molecule has 0 radical (unpaired) electrons. The van der Waals surface area contributed by atoms with E-state index in [9.17, 15) is 8.42 Å². The Hall–Kier alpha value is -1.01. The normalized spacial score (nSPS) is 19.8. The number of fused-ring (bicyclic) bond motifs is 1. The van der Waals surface area contributed by atoms with Crippen molar-refractivity contribution in [2.75, 3.05) is 12.8 Å². The van der Waals surface area contributed by atoms with Crippen LogP contribution in [0.4, 0.5) is 0 Å². The Kier molecular flexibility index (Phi) is 4.52. The molecule has 1 aliphatic rings. The highest BCUT2D eigenvalue weighted by Gasteiger charge is 2.20. The van der Waals surface area contributed by atoms with Gasteiger partial charge in [0.25, 0.3) is 0 Å². The molecule has 1 atom stereocenters. The van der Waals surface area contributed by atoms with Crippen molar-refractivity contribution in [3.8, 4) is 0 Å². The van der Waals surface area contributed by atoms with E-state index in [1.165, 1.54) is 6.26 Å². The monoisotopic (exact) mass is 283 g/mol. The molecule has 1 heterocycles. The quantitative estimate of drug-likeness (QED) is 0.846. The first-order valence-corrected chi connectivity index (χ1v) is 8.81. The number of aryl methyl sites for hydroxylation is 1. The molecule has 1 unspecified atom stereocenters. The van der Waals surface area contributed by atoms with Crippen molar-refractivity contribution in [3.63, 3.8) is 0 Å². The molecule has 0 saturated heterocycles. The van der Waals surface area contributed by atoms with Crippen LogP contribution in [0.2, 0.25) is 0 Å². The maximum Gasteiger partial charge on any atom is 0.154 e. The molecule has 0 fully saturated rings. The van der Waals surface area contributed by atoms with Crippen LogP contribution in [0.5, 0.6) is 0 Å². The lowest BCUT2D eigenvalue weighted by Gasteiger charge is -2.17. The predicted molar refractivity (Wildman–Crippen MR) is 74.6 cm³/mol. The average molecular weight is 283 g/mol. The van der Waals surface area contributed by atoms with Crippen molar-refractivity contribution in [2.24, 2.45) is 0 Å². The molecule has 6 heteroatoms. The Morgan fingerprint density at radius 3 is 2.89 bits per heavy atom. The van der Waals surface area contributed by atoms with Crippen LogP contribution in [0.25, 0.3) is 0 Å². The summed E-state index contributed by atoms with van der Waals surface area (Å²) in [7, 11) is -3.08. The van der Waals surface area contributed by atoms with Crippen LogP contribution in [0.1, 0.15) is 49.3 Å². The minimum Gasteiger partial charge on any atom is -0.310 e. The molecule has 0 saturated carbocycles. The van der Waals surface area contributed by atoms with E-state index in [0.29, 0.717) is 11.9 Å². The van der Waals surface area contributed by atoms with E-state index in [-0.39, 0.29) is 5.75 Å². The maximum atomic E-state index is 11.3. The Morgan fingerprint density at radius 1 is 1.42 bits per heavy atom. The van der Waals surface area contributed by atoms with Crippen molar-refractivity contribution >= 4 is 9.84 Å². The molecule has 1 N–H and O–H groups in total. The minimum absolute atomic E-state index is 0.0772. The Morgan fingerprint density at radius 2 is 2.21 bits per heavy atom. The molecule has 0 bridgehead atoms. The molecule has 1 aromatic heterocycles. The van der Waals surface area contributed by atoms with E-state index >= 15 is 0 Å². The summed E-state index contributed by atoms with van der Waals surface area (Å²) in [6, 6.07) is 0.301. The molecule has 19 heavy (non-hydrogen) atoms. The van der Waals surface area contributed by atoms with Gasteiger partial charge in [0.2, 0.25) is 0 Å². The summed E-state index contributed by atoms with van der Waals surface area (Å²) in [4.78, 5) is 8.68. The summed E-state index contributed by atoms with van der Waals surface area (Å²) in [5.41, 5.74) is 2.15. The fourth-order valence-electron chi connectivity index (χ4n) is 2.52. The fraction of sp³-hybridized carbons (Fsp3) is 0.692. The summed E-state index contributed by atoms with van der Waals surface area (Å²) in [5, 5.41) is 3.45. The van der Waals surface area contributed by atoms with Crippen molar-refractivity contribution in [1.29, 1.82) is 0 Å². The third-order valence-electron chi connectivity index (χ3n) is 3.32. The number of nitrogens with one attached hydrogen (secondary N) is 1. The van der Waals surface area contributed by atoms with Crippen LogP contribution in [-0.4, -0.2) is 31.2 Å². The lowest BCUT2D eigenvalue weighted by molar-refractivity contribution is 0.502. The summed E-state index contributed by atoms with van der Waals surface area (Å²) in [6.45, 7) is 3.00. The first kappa shape index (κ1) is 14.4. The zero-order chi connectivity index (χ0) is 13.9. The molecule has 1 aromatic rings. The van der Waals surface area contributed by atoms with Crippen LogP contribution in [0.15, 0.2) is 6.20 Å². The van der Waals surface area contributed by atoms with Gasteiger partial charge in [-0.15, -0.1) is 0 Å². The van der Waals surface area contributed by atoms with Crippen molar-refractivity contribution in [1.82, 2.24) is 15.3 Å². The maximum absolute atomic E-state index is 11.3. The van der Waals surface area contributed by atoms with Crippen LogP contribution in [-0.2, 0) is 22.0 Å². The lowest BCUT2D eigenvalue weighted by Crippen LogP contribution is -2.22. The molecule has 106 valence electrons. The van der Waals surface area contributed by atoms with Gasteiger partial charge in [0, 0.05) is 29.8 Å². The Bertz CT molecular complexity index is 543. The summed E-state index contributed by atoms with van der Waals surface area (Å²) in [6.07, 6.45) is 7.29. The SMILES string of the molecule is CCNC1CCCCc2nc(CS(C)(=O)=O)ncc21. The summed E-state index contributed by atoms with van der Waals surface area (Å²) in [5.74, 6) is 0.338. The number of nitrogens with zero attached hydrogens (tertiary/aromatic N) is 2. The third-order valence-corrected chi connectivity index (χ3v) is 4.11. The van der Waals surface area contributed by atoms with Gasteiger partial charge in [-0.05, 0) is 25.8 Å². The summed E-state index contributed by atoms with van der Waals surface area (Å²) >= 11 is 0. The first-order chi connectivity index (χ1) is 8.99. The zero-order valence-corrected chi connectivity index (χ0v) is 12.3. The lowest BCUT2D eigenvalue weighted by atomic mass is 10.1. The number of hydrogen-bond acceptors (Lipinski definition) is 5. The Labute approximate surface area is 114 Å². The van der Waals surface area contributed by atoms with Crippen molar-refractivity contribution in [3.05, 3.63) is 23.3 Å². The van der Waals surface area contributed by atoms with Gasteiger partial charge in [0.15, 0.2) is 9.84 Å². The largest absolute Gasteiger partial charge is 0.310 e. The number of aromatic nitrogens is 2. The minimum atomic E-state index is -3.08. The summed E-state index contributed by atoms with van der Waals surface area (Å²) < 4.78 is 22.6. The van der Waals surface area contributed by atoms with E-state index in [0.717, 1.165) is 43.5 Å². The molecule has 5 nitrogen and oxygen atoms in total. The van der Waals surface area contributed by atoms with Gasteiger partial charge in [-0.3, -0.25) is 0 Å². The molecule has 0 aliphatic heterocycles. The van der Waals surface area contributed by atoms with Crippen molar-refractivity contribution in [2.45, 2.75) is 44.4 Å². The molecule has 0 amide bonds. The first-order valence-electron chi connectivity index (χ1n) is 6.75. The molecular formula is C13H21N3O2S. The van der Waals surface area contributed by atoms with E-state index in [4.69, 9.17) is 0 Å². The van der Waals surface area contributed by atoms with E-state index < -0.39 is 9.84 Å². The molecule has 1 aliphatic carbocycles. The van der Waals surface area contributed by atoms with Gasteiger partial charge in [0.05, 0.1) is 0 Å². The average Bonchev–Trinajstić information content (AvgIpc) is 2.50. The third kappa shape index (κ3) is 3.98. The van der Waals surface area contributed by atoms with Crippen molar-refractivity contribution < 1.29 is 8.42 Å². The van der Waals surface area contributed by atoms with Crippen LogP contribution < -0.4 is 5.32 Å². The fourth-order valence-corrected chi connectivity index (χ4v) is 3.13. The van der Waals surface area contributed by atoms with Gasteiger partial charge in [0.1, 0.15) is 11.6 Å². The van der Waals surface area contributed by atoms with E-state index in [1.54, 1.807) is 0 Å². The van der Waals surface area contributed by atoms with E-state index in [1.807, 2.05) is 6.20 Å². The van der Waals surface area contributed by atoms with Gasteiger partial charge in [-0.1, -0.05) is 13.3 Å². The Balaban J connectivity index is 2.30. The molecular weight excluding hydrogens is 262 g/mol. The number of hydrogen-bond donors (Lipinski definition) is 1. The highest BCUT2D eigenvalue weighted by Crippen LogP contribution is 2.27. The highest BCUT2D eigenvalue weighted by molar-refractivity contribution is 7.89. The second-order valence-corrected chi connectivity index (χ2v) is 7.25. The smallest absolute Gasteiger partial charge is 0.154 e. The molecule has 0 aromatic carbocycles. The van der Waals surface area contributed by atoms with E-state index in [2.05, 4.69) is 22.2 Å².